The Bertz CT molecular complexity index is 499. The summed E-state index contributed by atoms with van der Waals surface area (Å²) in [6.45, 7) is 4.54. The van der Waals surface area contributed by atoms with Crippen molar-refractivity contribution in [1.29, 1.82) is 0 Å². The number of aryl methyl sites for hydroxylation is 1. The molecule has 20 heavy (non-hydrogen) atoms. The number of aromatic nitrogens is 1. The number of ether oxygens (including phenoxy) is 1. The van der Waals surface area contributed by atoms with E-state index in [-0.39, 0.29) is 0 Å². The second-order valence-electron chi connectivity index (χ2n) is 4.69. The molecule has 0 aliphatic carbocycles. The molecule has 0 spiro atoms. The van der Waals surface area contributed by atoms with Crippen LogP contribution in [0.1, 0.15) is 24.5 Å². The van der Waals surface area contributed by atoms with Crippen molar-refractivity contribution in [3.63, 3.8) is 0 Å². The largest absolute Gasteiger partial charge is 0.477 e. The molecule has 0 atom stereocenters. The average Bonchev–Trinajstić information content (AvgIpc) is 2.51. The van der Waals surface area contributed by atoms with Crippen molar-refractivity contribution in [2.45, 2.75) is 26.3 Å². The molecule has 0 amide bonds. The van der Waals surface area contributed by atoms with Gasteiger partial charge in [-0.15, -0.1) is 0 Å². The van der Waals surface area contributed by atoms with Crippen LogP contribution in [0.5, 0.6) is 5.88 Å². The van der Waals surface area contributed by atoms with Gasteiger partial charge in [0.1, 0.15) is 0 Å². The summed E-state index contributed by atoms with van der Waals surface area (Å²) in [6, 6.07) is 14.5. The minimum atomic E-state index is 0.699. The molecule has 0 saturated heterocycles. The molecule has 0 fully saturated rings. The van der Waals surface area contributed by atoms with Crippen LogP contribution in [0.25, 0.3) is 0 Å². The number of benzene rings is 1. The van der Waals surface area contributed by atoms with E-state index in [9.17, 15) is 0 Å². The van der Waals surface area contributed by atoms with Gasteiger partial charge in [-0.1, -0.05) is 43.3 Å². The molecular weight excluding hydrogens is 248 g/mol. The van der Waals surface area contributed by atoms with Gasteiger partial charge in [-0.05, 0) is 31.0 Å². The Balaban J connectivity index is 1.79. The zero-order valence-electron chi connectivity index (χ0n) is 12.0. The van der Waals surface area contributed by atoms with Gasteiger partial charge in [-0.3, -0.25) is 0 Å². The normalized spacial score (nSPS) is 10.4. The van der Waals surface area contributed by atoms with Crippen molar-refractivity contribution in [3.8, 4) is 5.88 Å². The summed E-state index contributed by atoms with van der Waals surface area (Å²) in [5.41, 5.74) is 2.47. The SMILES string of the molecule is CCNCc1cccnc1OCCCc1ccccc1. The Hall–Kier alpha value is -1.87. The minimum Gasteiger partial charge on any atom is -0.477 e. The van der Waals surface area contributed by atoms with Crippen LogP contribution in [-0.4, -0.2) is 18.1 Å². The fourth-order valence-electron chi connectivity index (χ4n) is 2.04. The first-order valence-electron chi connectivity index (χ1n) is 7.21. The Labute approximate surface area is 121 Å². The van der Waals surface area contributed by atoms with Crippen molar-refractivity contribution in [2.75, 3.05) is 13.2 Å². The minimum absolute atomic E-state index is 0.699. The smallest absolute Gasteiger partial charge is 0.217 e. The first kappa shape index (κ1) is 14.5. The standard InChI is InChI=1S/C17H22N2O/c1-2-18-14-16-11-6-12-19-17(16)20-13-7-10-15-8-4-3-5-9-15/h3-6,8-9,11-12,18H,2,7,10,13-14H2,1H3. The van der Waals surface area contributed by atoms with Gasteiger partial charge in [0.15, 0.2) is 0 Å². The fourth-order valence-corrected chi connectivity index (χ4v) is 2.04. The van der Waals surface area contributed by atoms with Crippen LogP contribution in [0.2, 0.25) is 0 Å². The molecule has 0 aliphatic rings. The number of nitrogens with zero attached hydrogens (tertiary/aromatic N) is 1. The van der Waals surface area contributed by atoms with Crippen LogP contribution < -0.4 is 10.1 Å². The van der Waals surface area contributed by atoms with Crippen LogP contribution in [-0.2, 0) is 13.0 Å². The van der Waals surface area contributed by atoms with E-state index in [1.165, 1.54) is 5.56 Å². The molecule has 106 valence electrons. The average molecular weight is 270 g/mol. The number of rotatable bonds is 8. The van der Waals surface area contributed by atoms with Crippen molar-refractivity contribution < 1.29 is 4.74 Å². The second-order valence-corrected chi connectivity index (χ2v) is 4.69. The van der Waals surface area contributed by atoms with Crippen molar-refractivity contribution in [2.24, 2.45) is 0 Å². The lowest BCUT2D eigenvalue weighted by Gasteiger charge is -2.10. The summed E-state index contributed by atoms with van der Waals surface area (Å²) >= 11 is 0. The van der Waals surface area contributed by atoms with Gasteiger partial charge in [-0.25, -0.2) is 4.98 Å². The number of hydrogen-bond acceptors (Lipinski definition) is 3. The van der Waals surface area contributed by atoms with Gasteiger partial charge in [-0.2, -0.15) is 0 Å². The Kier molecular flexibility index (Phi) is 6.06. The molecule has 0 radical (unpaired) electrons. The highest BCUT2D eigenvalue weighted by Gasteiger charge is 2.03. The zero-order valence-corrected chi connectivity index (χ0v) is 12.0. The maximum atomic E-state index is 5.80. The van der Waals surface area contributed by atoms with Gasteiger partial charge >= 0.3 is 0 Å². The molecule has 1 heterocycles. The highest BCUT2D eigenvalue weighted by molar-refractivity contribution is 5.25. The van der Waals surface area contributed by atoms with E-state index in [2.05, 4.69) is 47.6 Å². The van der Waals surface area contributed by atoms with Gasteiger partial charge in [0.25, 0.3) is 0 Å². The van der Waals surface area contributed by atoms with E-state index in [0.29, 0.717) is 6.61 Å². The lowest BCUT2D eigenvalue weighted by molar-refractivity contribution is 0.295. The summed E-state index contributed by atoms with van der Waals surface area (Å²) in [5.74, 6) is 0.751. The second kappa shape index (κ2) is 8.33. The predicted molar refractivity (Wildman–Crippen MR) is 81.9 cm³/mol. The van der Waals surface area contributed by atoms with Gasteiger partial charge in [0.05, 0.1) is 6.61 Å². The third-order valence-corrected chi connectivity index (χ3v) is 3.11. The van der Waals surface area contributed by atoms with Crippen molar-refractivity contribution in [1.82, 2.24) is 10.3 Å². The Morgan fingerprint density at radius 3 is 2.75 bits per heavy atom. The van der Waals surface area contributed by atoms with Crippen LogP contribution in [0.3, 0.4) is 0 Å². The number of pyridine rings is 1. The highest BCUT2D eigenvalue weighted by Crippen LogP contribution is 2.14. The van der Waals surface area contributed by atoms with Gasteiger partial charge < -0.3 is 10.1 Å². The first-order valence-corrected chi connectivity index (χ1v) is 7.21. The summed E-state index contributed by atoms with van der Waals surface area (Å²) in [6.07, 6.45) is 3.82. The Morgan fingerprint density at radius 2 is 1.95 bits per heavy atom. The van der Waals surface area contributed by atoms with Crippen LogP contribution in [0.4, 0.5) is 0 Å². The maximum absolute atomic E-state index is 5.80. The topological polar surface area (TPSA) is 34.2 Å². The molecule has 3 heteroatoms. The lowest BCUT2D eigenvalue weighted by atomic mass is 10.1. The fraction of sp³-hybridized carbons (Fsp3) is 0.353. The monoisotopic (exact) mass is 270 g/mol. The summed E-state index contributed by atoms with van der Waals surface area (Å²) in [4.78, 5) is 4.31. The molecule has 1 aromatic heterocycles. The number of hydrogen-bond donors (Lipinski definition) is 1. The lowest BCUT2D eigenvalue weighted by Crippen LogP contribution is -2.13. The summed E-state index contributed by atoms with van der Waals surface area (Å²) < 4.78 is 5.80. The quantitative estimate of drug-likeness (QED) is 0.748. The number of nitrogens with one attached hydrogen (secondary N) is 1. The molecule has 0 bridgehead atoms. The molecule has 0 aliphatic heterocycles. The molecule has 3 nitrogen and oxygen atoms in total. The van der Waals surface area contributed by atoms with E-state index in [1.54, 1.807) is 6.20 Å². The van der Waals surface area contributed by atoms with E-state index >= 15 is 0 Å². The van der Waals surface area contributed by atoms with Gasteiger partial charge in [0, 0.05) is 18.3 Å². The molecule has 0 unspecified atom stereocenters. The summed E-state index contributed by atoms with van der Waals surface area (Å²) in [7, 11) is 0. The Morgan fingerprint density at radius 1 is 1.10 bits per heavy atom. The van der Waals surface area contributed by atoms with E-state index in [0.717, 1.165) is 37.4 Å². The molecular formula is C17H22N2O. The van der Waals surface area contributed by atoms with E-state index < -0.39 is 0 Å². The van der Waals surface area contributed by atoms with Crippen molar-refractivity contribution >= 4 is 0 Å². The first-order chi connectivity index (χ1) is 9.90. The zero-order chi connectivity index (χ0) is 14.0. The van der Waals surface area contributed by atoms with E-state index in [1.807, 2.05) is 12.1 Å². The third kappa shape index (κ3) is 4.67. The molecule has 2 aromatic rings. The van der Waals surface area contributed by atoms with Gasteiger partial charge in [0.2, 0.25) is 5.88 Å². The summed E-state index contributed by atoms with van der Waals surface area (Å²) in [5, 5.41) is 3.30. The molecule has 1 aromatic carbocycles. The third-order valence-electron chi connectivity index (χ3n) is 3.11. The van der Waals surface area contributed by atoms with Crippen LogP contribution in [0.15, 0.2) is 48.7 Å². The molecule has 1 N–H and O–H groups in total. The van der Waals surface area contributed by atoms with Crippen LogP contribution >= 0.6 is 0 Å². The van der Waals surface area contributed by atoms with Crippen molar-refractivity contribution in [3.05, 3.63) is 59.8 Å². The predicted octanol–water partition coefficient (Wildman–Crippen LogP) is 3.20. The van der Waals surface area contributed by atoms with E-state index in [4.69, 9.17) is 4.74 Å². The van der Waals surface area contributed by atoms with Crippen LogP contribution in [0, 0.1) is 0 Å². The molecule has 0 saturated carbocycles. The highest BCUT2D eigenvalue weighted by atomic mass is 16.5. The molecule has 2 rings (SSSR count). The maximum Gasteiger partial charge on any atom is 0.217 e.